The Kier molecular flexibility index (Phi) is 8.85. The van der Waals surface area contributed by atoms with E-state index >= 15 is 0 Å². The van der Waals surface area contributed by atoms with Crippen molar-refractivity contribution in [3.05, 3.63) is 47.0 Å². The lowest BCUT2D eigenvalue weighted by atomic mass is 9.76. The molecule has 2 aliphatic rings. The SMILES string of the molecule is CCN(CC1=C(C)C(=O)NC12CCCCC2)C(=O)[C@@H](COCc1ccccc1)NC(=O)C(C)N. The Labute approximate surface area is 202 Å². The van der Waals surface area contributed by atoms with Crippen LogP contribution in [-0.2, 0) is 25.7 Å². The van der Waals surface area contributed by atoms with E-state index < -0.39 is 18.0 Å². The van der Waals surface area contributed by atoms with E-state index in [-0.39, 0.29) is 24.0 Å². The highest BCUT2D eigenvalue weighted by Crippen LogP contribution is 2.39. The number of likely N-dealkylation sites (N-methyl/N-ethyl adjacent to an activating group) is 1. The third kappa shape index (κ3) is 6.04. The standard InChI is InChI=1S/C26H38N4O4/c1-4-30(15-21-18(2)23(31)29-26(21)13-9-6-10-14-26)25(33)22(28-24(32)19(3)27)17-34-16-20-11-7-5-8-12-20/h5,7-8,11-12,19,22H,4,6,9-10,13-17,27H2,1-3H3,(H,28,32)(H,29,31)/t19?,22-/m1/s1. The summed E-state index contributed by atoms with van der Waals surface area (Å²) in [5.41, 5.74) is 8.06. The Bertz CT molecular complexity index is 907. The van der Waals surface area contributed by atoms with E-state index in [1.54, 1.807) is 11.8 Å². The predicted octanol–water partition coefficient (Wildman–Crippen LogP) is 2.03. The molecule has 1 aliphatic heterocycles. The molecule has 1 aromatic rings. The zero-order valence-electron chi connectivity index (χ0n) is 20.6. The molecule has 8 nitrogen and oxygen atoms in total. The number of carbonyl (C=O) groups excluding carboxylic acids is 3. The molecule has 2 atom stereocenters. The Morgan fingerprint density at radius 3 is 2.50 bits per heavy atom. The van der Waals surface area contributed by atoms with Gasteiger partial charge in [0.25, 0.3) is 0 Å². The minimum absolute atomic E-state index is 0.0308. The Morgan fingerprint density at radius 1 is 1.21 bits per heavy atom. The minimum atomic E-state index is -0.865. The van der Waals surface area contributed by atoms with Gasteiger partial charge in [-0.2, -0.15) is 0 Å². The Hall–Kier alpha value is -2.71. The van der Waals surface area contributed by atoms with Crippen LogP contribution < -0.4 is 16.4 Å². The highest BCUT2D eigenvalue weighted by atomic mass is 16.5. The summed E-state index contributed by atoms with van der Waals surface area (Å²) < 4.78 is 5.81. The fourth-order valence-corrected chi connectivity index (χ4v) is 4.84. The van der Waals surface area contributed by atoms with E-state index in [0.717, 1.165) is 43.2 Å². The molecule has 1 fully saturated rings. The molecule has 1 spiro atoms. The van der Waals surface area contributed by atoms with Crippen molar-refractivity contribution in [3.8, 4) is 0 Å². The van der Waals surface area contributed by atoms with Gasteiger partial charge < -0.3 is 26.0 Å². The lowest BCUT2D eigenvalue weighted by molar-refractivity contribution is -0.138. The zero-order valence-corrected chi connectivity index (χ0v) is 20.6. The number of ether oxygens (including phenoxy) is 1. The van der Waals surface area contributed by atoms with Crippen LogP contribution in [0.2, 0.25) is 0 Å². The van der Waals surface area contributed by atoms with Crippen LogP contribution in [0.5, 0.6) is 0 Å². The molecule has 0 radical (unpaired) electrons. The van der Waals surface area contributed by atoms with E-state index in [2.05, 4.69) is 10.6 Å². The first-order valence-corrected chi connectivity index (χ1v) is 12.3. The summed E-state index contributed by atoms with van der Waals surface area (Å²) in [7, 11) is 0. The third-order valence-electron chi connectivity index (χ3n) is 6.90. The summed E-state index contributed by atoms with van der Waals surface area (Å²) in [6.07, 6.45) is 5.05. The van der Waals surface area contributed by atoms with Crippen LogP contribution in [0.1, 0.15) is 58.4 Å². The fourth-order valence-electron chi connectivity index (χ4n) is 4.84. The van der Waals surface area contributed by atoms with E-state index in [4.69, 9.17) is 10.5 Å². The molecule has 3 rings (SSSR count). The number of hydrogen-bond donors (Lipinski definition) is 3. The Balaban J connectivity index is 1.75. The van der Waals surface area contributed by atoms with Gasteiger partial charge in [-0.25, -0.2) is 0 Å². The number of nitrogens with zero attached hydrogens (tertiary/aromatic N) is 1. The molecule has 0 aromatic heterocycles. The van der Waals surface area contributed by atoms with Gasteiger partial charge in [-0.15, -0.1) is 0 Å². The van der Waals surface area contributed by atoms with Crippen LogP contribution in [0.4, 0.5) is 0 Å². The van der Waals surface area contributed by atoms with Gasteiger partial charge in [-0.05, 0) is 44.7 Å². The minimum Gasteiger partial charge on any atom is -0.374 e. The van der Waals surface area contributed by atoms with Crippen molar-refractivity contribution in [1.82, 2.24) is 15.5 Å². The second kappa shape index (κ2) is 11.6. The van der Waals surface area contributed by atoms with Crippen molar-refractivity contribution in [2.45, 2.75) is 77.1 Å². The van der Waals surface area contributed by atoms with E-state index in [0.29, 0.717) is 25.3 Å². The lowest BCUT2D eigenvalue weighted by Gasteiger charge is -2.38. The molecule has 0 saturated heterocycles. The second-order valence-corrected chi connectivity index (χ2v) is 9.40. The highest BCUT2D eigenvalue weighted by Gasteiger charge is 2.44. The molecular weight excluding hydrogens is 432 g/mol. The van der Waals surface area contributed by atoms with Crippen LogP contribution in [0.25, 0.3) is 0 Å². The molecule has 3 amide bonds. The second-order valence-electron chi connectivity index (χ2n) is 9.40. The molecule has 1 aliphatic carbocycles. The number of carbonyl (C=O) groups is 3. The molecule has 8 heteroatoms. The smallest absolute Gasteiger partial charge is 0.247 e. The van der Waals surface area contributed by atoms with Crippen molar-refractivity contribution in [2.75, 3.05) is 19.7 Å². The average Bonchev–Trinajstić information content (AvgIpc) is 3.05. The third-order valence-corrected chi connectivity index (χ3v) is 6.90. The first-order chi connectivity index (χ1) is 16.3. The summed E-state index contributed by atoms with van der Waals surface area (Å²) in [5.74, 6) is -0.696. The van der Waals surface area contributed by atoms with Gasteiger partial charge in [0.15, 0.2) is 0 Å². The first-order valence-electron chi connectivity index (χ1n) is 12.3. The molecule has 1 unspecified atom stereocenters. The van der Waals surface area contributed by atoms with Gasteiger partial charge in [0.05, 0.1) is 24.8 Å². The quantitative estimate of drug-likeness (QED) is 0.484. The van der Waals surface area contributed by atoms with E-state index in [1.165, 1.54) is 0 Å². The van der Waals surface area contributed by atoms with Crippen molar-refractivity contribution in [2.24, 2.45) is 5.73 Å². The summed E-state index contributed by atoms with van der Waals surface area (Å²) in [5, 5.41) is 5.96. The van der Waals surface area contributed by atoms with E-state index in [9.17, 15) is 14.4 Å². The average molecular weight is 471 g/mol. The maximum Gasteiger partial charge on any atom is 0.247 e. The lowest BCUT2D eigenvalue weighted by Crippen LogP contribution is -2.55. The topological polar surface area (TPSA) is 114 Å². The van der Waals surface area contributed by atoms with Crippen molar-refractivity contribution < 1.29 is 19.1 Å². The first kappa shape index (κ1) is 25.9. The highest BCUT2D eigenvalue weighted by molar-refractivity contribution is 5.98. The summed E-state index contributed by atoms with van der Waals surface area (Å²) in [6, 6.07) is 8.05. The van der Waals surface area contributed by atoms with Crippen LogP contribution >= 0.6 is 0 Å². The van der Waals surface area contributed by atoms with Crippen LogP contribution in [0.15, 0.2) is 41.5 Å². The number of nitrogens with one attached hydrogen (secondary N) is 2. The Morgan fingerprint density at radius 2 is 1.88 bits per heavy atom. The van der Waals surface area contributed by atoms with Gasteiger partial charge in [0, 0.05) is 18.7 Å². The molecule has 1 aromatic carbocycles. The van der Waals surface area contributed by atoms with Gasteiger partial charge in [0.2, 0.25) is 17.7 Å². The fraction of sp³-hybridized carbons (Fsp3) is 0.577. The molecule has 4 N–H and O–H groups in total. The van der Waals surface area contributed by atoms with Crippen LogP contribution in [0, 0.1) is 0 Å². The maximum absolute atomic E-state index is 13.6. The monoisotopic (exact) mass is 470 g/mol. The number of nitrogens with two attached hydrogens (primary N) is 1. The van der Waals surface area contributed by atoms with Gasteiger partial charge in [0.1, 0.15) is 6.04 Å². The largest absolute Gasteiger partial charge is 0.374 e. The van der Waals surface area contributed by atoms with E-state index in [1.807, 2.05) is 44.2 Å². The van der Waals surface area contributed by atoms with Crippen LogP contribution in [-0.4, -0.2) is 59.9 Å². The maximum atomic E-state index is 13.6. The molecule has 34 heavy (non-hydrogen) atoms. The molecular formula is C26H38N4O4. The van der Waals surface area contributed by atoms with Crippen molar-refractivity contribution >= 4 is 17.7 Å². The number of rotatable bonds is 10. The summed E-state index contributed by atoms with van der Waals surface area (Å²) in [4.78, 5) is 40.2. The normalized spacial score (nSPS) is 19.0. The van der Waals surface area contributed by atoms with Crippen molar-refractivity contribution in [3.63, 3.8) is 0 Å². The van der Waals surface area contributed by atoms with Gasteiger partial charge in [-0.1, -0.05) is 49.6 Å². The number of amides is 3. The zero-order chi connectivity index (χ0) is 24.7. The summed E-state index contributed by atoms with van der Waals surface area (Å²) in [6.45, 7) is 6.48. The molecule has 186 valence electrons. The van der Waals surface area contributed by atoms with Gasteiger partial charge >= 0.3 is 0 Å². The summed E-state index contributed by atoms with van der Waals surface area (Å²) >= 11 is 0. The molecule has 1 saturated carbocycles. The van der Waals surface area contributed by atoms with Crippen molar-refractivity contribution in [1.29, 1.82) is 0 Å². The van der Waals surface area contributed by atoms with Crippen LogP contribution in [0.3, 0.4) is 0 Å². The molecule has 1 heterocycles. The molecule has 0 bridgehead atoms. The number of hydrogen-bond acceptors (Lipinski definition) is 5. The van der Waals surface area contributed by atoms with Gasteiger partial charge in [-0.3, -0.25) is 14.4 Å². The predicted molar refractivity (Wildman–Crippen MR) is 131 cm³/mol. The number of benzene rings is 1.